The Morgan fingerprint density at radius 2 is 1.93 bits per heavy atom. The summed E-state index contributed by atoms with van der Waals surface area (Å²) in [6.07, 6.45) is 1.62. The van der Waals surface area contributed by atoms with Crippen LogP contribution in [0.2, 0.25) is 0 Å². The van der Waals surface area contributed by atoms with Gasteiger partial charge in [-0.15, -0.1) is 0 Å². The maximum atomic E-state index is 11.4. The third-order valence-electron chi connectivity index (χ3n) is 2.01. The maximum Gasteiger partial charge on any atom is 0.225 e. The molecule has 0 aromatic heterocycles. The second kappa shape index (κ2) is 7.01. The van der Waals surface area contributed by atoms with Crippen molar-refractivity contribution in [2.45, 2.75) is 19.8 Å². The van der Waals surface area contributed by atoms with Gasteiger partial charge in [0, 0.05) is 18.7 Å². The summed E-state index contributed by atoms with van der Waals surface area (Å²) < 4.78 is 0. The van der Waals surface area contributed by atoms with Crippen LogP contribution >= 0.6 is 0 Å². The first-order valence-corrected chi connectivity index (χ1v) is 5.38. The highest BCUT2D eigenvalue weighted by molar-refractivity contribution is 5.90. The molecule has 1 rings (SSSR count). The van der Waals surface area contributed by atoms with E-state index in [0.717, 1.165) is 25.2 Å². The summed E-state index contributed by atoms with van der Waals surface area (Å²) in [6.45, 7) is 3.82. The monoisotopic (exact) mass is 206 g/mol. The quantitative estimate of drug-likeness (QED) is 0.699. The molecule has 0 heterocycles. The van der Waals surface area contributed by atoms with Crippen LogP contribution in [0.15, 0.2) is 30.3 Å². The van der Waals surface area contributed by atoms with Gasteiger partial charge in [0.25, 0.3) is 0 Å². The van der Waals surface area contributed by atoms with Gasteiger partial charge in [-0.1, -0.05) is 25.1 Å². The first-order chi connectivity index (χ1) is 7.33. The van der Waals surface area contributed by atoms with Crippen LogP contribution in [0.5, 0.6) is 0 Å². The van der Waals surface area contributed by atoms with Gasteiger partial charge >= 0.3 is 0 Å². The Hall–Kier alpha value is -1.35. The van der Waals surface area contributed by atoms with Gasteiger partial charge in [0.1, 0.15) is 0 Å². The smallest absolute Gasteiger partial charge is 0.225 e. The predicted molar refractivity (Wildman–Crippen MR) is 62.8 cm³/mol. The van der Waals surface area contributed by atoms with Crippen LogP contribution in [-0.4, -0.2) is 19.0 Å². The van der Waals surface area contributed by atoms with Gasteiger partial charge in [0.2, 0.25) is 5.91 Å². The molecule has 2 N–H and O–H groups in total. The van der Waals surface area contributed by atoms with Gasteiger partial charge in [-0.3, -0.25) is 4.79 Å². The van der Waals surface area contributed by atoms with Crippen molar-refractivity contribution in [3.8, 4) is 0 Å². The van der Waals surface area contributed by atoms with Crippen LogP contribution < -0.4 is 10.6 Å². The van der Waals surface area contributed by atoms with Crippen LogP contribution in [0.1, 0.15) is 19.8 Å². The van der Waals surface area contributed by atoms with Gasteiger partial charge in [-0.2, -0.15) is 0 Å². The summed E-state index contributed by atoms with van der Waals surface area (Å²) in [7, 11) is 0. The number of amides is 1. The molecule has 1 aromatic rings. The minimum atomic E-state index is 0.0600. The number of rotatable bonds is 6. The SMILES string of the molecule is CCCNCCC(=O)Nc1ccccc1. The highest BCUT2D eigenvalue weighted by Crippen LogP contribution is 2.04. The Morgan fingerprint density at radius 1 is 1.20 bits per heavy atom. The number of nitrogens with one attached hydrogen (secondary N) is 2. The first-order valence-electron chi connectivity index (χ1n) is 5.38. The van der Waals surface area contributed by atoms with Crippen molar-refractivity contribution in [3.05, 3.63) is 30.3 Å². The van der Waals surface area contributed by atoms with Crippen molar-refractivity contribution in [3.63, 3.8) is 0 Å². The van der Waals surface area contributed by atoms with Gasteiger partial charge < -0.3 is 10.6 Å². The van der Waals surface area contributed by atoms with E-state index in [1.54, 1.807) is 0 Å². The van der Waals surface area contributed by atoms with Crippen molar-refractivity contribution in [1.82, 2.24) is 5.32 Å². The van der Waals surface area contributed by atoms with Crippen molar-refractivity contribution < 1.29 is 4.79 Å². The summed E-state index contributed by atoms with van der Waals surface area (Å²) in [5.74, 6) is 0.0600. The summed E-state index contributed by atoms with van der Waals surface area (Å²) in [5.41, 5.74) is 0.859. The second-order valence-electron chi connectivity index (χ2n) is 3.41. The molecule has 0 saturated carbocycles. The van der Waals surface area contributed by atoms with Gasteiger partial charge in [-0.05, 0) is 25.1 Å². The normalized spacial score (nSPS) is 9.93. The fourth-order valence-corrected chi connectivity index (χ4v) is 1.25. The van der Waals surface area contributed by atoms with E-state index in [4.69, 9.17) is 0 Å². The lowest BCUT2D eigenvalue weighted by Crippen LogP contribution is -2.22. The van der Waals surface area contributed by atoms with Crippen molar-refractivity contribution in [2.75, 3.05) is 18.4 Å². The fraction of sp³-hybridized carbons (Fsp3) is 0.417. The fourth-order valence-electron chi connectivity index (χ4n) is 1.25. The molecule has 3 nitrogen and oxygen atoms in total. The van der Waals surface area contributed by atoms with Crippen LogP contribution in [0, 0.1) is 0 Å². The standard InChI is InChI=1S/C12H18N2O/c1-2-9-13-10-8-12(15)14-11-6-4-3-5-7-11/h3-7,13H,2,8-10H2,1H3,(H,14,15). The molecule has 82 valence electrons. The zero-order chi connectivity index (χ0) is 10.9. The third kappa shape index (κ3) is 5.18. The Morgan fingerprint density at radius 3 is 2.60 bits per heavy atom. The van der Waals surface area contributed by atoms with E-state index in [2.05, 4.69) is 17.6 Å². The van der Waals surface area contributed by atoms with E-state index < -0.39 is 0 Å². The van der Waals surface area contributed by atoms with E-state index in [0.29, 0.717) is 6.42 Å². The number of hydrogen-bond acceptors (Lipinski definition) is 2. The minimum Gasteiger partial charge on any atom is -0.326 e. The molecule has 0 unspecified atom stereocenters. The molecule has 0 saturated heterocycles. The molecular formula is C12H18N2O. The lowest BCUT2D eigenvalue weighted by molar-refractivity contribution is -0.116. The topological polar surface area (TPSA) is 41.1 Å². The maximum absolute atomic E-state index is 11.4. The Balaban J connectivity index is 2.19. The molecule has 0 aliphatic carbocycles. The zero-order valence-corrected chi connectivity index (χ0v) is 9.12. The lowest BCUT2D eigenvalue weighted by Gasteiger charge is -2.05. The highest BCUT2D eigenvalue weighted by atomic mass is 16.1. The molecular weight excluding hydrogens is 188 g/mol. The van der Waals surface area contributed by atoms with Crippen LogP contribution in [0.3, 0.4) is 0 Å². The Kier molecular flexibility index (Phi) is 5.48. The van der Waals surface area contributed by atoms with Crippen LogP contribution in [-0.2, 0) is 4.79 Å². The second-order valence-corrected chi connectivity index (χ2v) is 3.41. The zero-order valence-electron chi connectivity index (χ0n) is 9.12. The third-order valence-corrected chi connectivity index (χ3v) is 2.01. The molecule has 0 aliphatic heterocycles. The molecule has 3 heteroatoms. The summed E-state index contributed by atoms with van der Waals surface area (Å²) in [4.78, 5) is 11.4. The number of carbonyl (C=O) groups excluding carboxylic acids is 1. The molecule has 0 fully saturated rings. The summed E-state index contributed by atoms with van der Waals surface area (Å²) >= 11 is 0. The van der Waals surface area contributed by atoms with E-state index in [1.165, 1.54) is 0 Å². The molecule has 0 radical (unpaired) electrons. The van der Waals surface area contributed by atoms with E-state index >= 15 is 0 Å². The Bertz CT molecular complexity index is 285. The minimum absolute atomic E-state index is 0.0600. The molecule has 0 aliphatic rings. The van der Waals surface area contributed by atoms with Crippen molar-refractivity contribution in [1.29, 1.82) is 0 Å². The molecule has 1 amide bonds. The van der Waals surface area contributed by atoms with Crippen molar-refractivity contribution >= 4 is 11.6 Å². The Labute approximate surface area is 90.9 Å². The summed E-state index contributed by atoms with van der Waals surface area (Å²) in [5, 5.41) is 6.03. The van der Waals surface area contributed by atoms with Crippen LogP contribution in [0.25, 0.3) is 0 Å². The largest absolute Gasteiger partial charge is 0.326 e. The number of carbonyl (C=O) groups is 1. The number of benzene rings is 1. The van der Waals surface area contributed by atoms with Gasteiger partial charge in [0.15, 0.2) is 0 Å². The van der Waals surface area contributed by atoms with Crippen molar-refractivity contribution in [2.24, 2.45) is 0 Å². The van der Waals surface area contributed by atoms with Gasteiger partial charge in [-0.25, -0.2) is 0 Å². The number of hydrogen-bond donors (Lipinski definition) is 2. The highest BCUT2D eigenvalue weighted by Gasteiger charge is 2.00. The number of anilines is 1. The summed E-state index contributed by atoms with van der Waals surface area (Å²) in [6, 6.07) is 9.52. The van der Waals surface area contributed by atoms with Crippen LogP contribution in [0.4, 0.5) is 5.69 Å². The molecule has 1 aromatic carbocycles. The molecule has 0 atom stereocenters. The molecule has 0 bridgehead atoms. The number of para-hydroxylation sites is 1. The first kappa shape index (κ1) is 11.7. The average molecular weight is 206 g/mol. The predicted octanol–water partition coefficient (Wildman–Crippen LogP) is 2.01. The van der Waals surface area contributed by atoms with E-state index in [1.807, 2.05) is 30.3 Å². The molecule has 15 heavy (non-hydrogen) atoms. The van der Waals surface area contributed by atoms with E-state index in [-0.39, 0.29) is 5.91 Å². The lowest BCUT2D eigenvalue weighted by atomic mass is 10.3. The average Bonchev–Trinajstić information content (AvgIpc) is 2.26. The molecule has 0 spiro atoms. The van der Waals surface area contributed by atoms with Gasteiger partial charge in [0.05, 0.1) is 0 Å². The van der Waals surface area contributed by atoms with E-state index in [9.17, 15) is 4.79 Å².